The number of nitrogens with two attached hydrogens (primary N) is 1. The maximum atomic E-state index is 5.91. The van der Waals surface area contributed by atoms with Gasteiger partial charge in [-0.15, -0.1) is 11.3 Å². The Kier molecular flexibility index (Phi) is 2.25. The molecule has 2 N–H and O–H groups in total. The van der Waals surface area contributed by atoms with E-state index in [0.717, 1.165) is 10.4 Å². The molecule has 0 aliphatic carbocycles. The highest BCUT2D eigenvalue weighted by molar-refractivity contribution is 7.13. The molecule has 0 radical (unpaired) electrons. The molecule has 1 nitrogen and oxygen atoms in total. The van der Waals surface area contributed by atoms with Crippen LogP contribution in [-0.4, -0.2) is 0 Å². The number of rotatable bonds is 1. The molecule has 1 heterocycles. The average Bonchev–Trinajstić information content (AvgIpc) is 2.62. The first kappa shape index (κ1) is 8.60. The third-order valence-corrected chi connectivity index (χ3v) is 3.07. The second-order valence-electron chi connectivity index (χ2n) is 2.68. The fourth-order valence-electron chi connectivity index (χ4n) is 1.18. The molecule has 0 aliphatic rings. The quantitative estimate of drug-likeness (QED) is 0.713. The van der Waals surface area contributed by atoms with Crippen molar-refractivity contribution in [1.82, 2.24) is 0 Å². The van der Waals surface area contributed by atoms with E-state index in [9.17, 15) is 0 Å². The van der Waals surface area contributed by atoms with Crippen molar-refractivity contribution in [2.24, 2.45) is 0 Å². The minimum absolute atomic E-state index is 0.617. The number of thiophene rings is 1. The lowest BCUT2D eigenvalue weighted by atomic mass is 10.1. The molecule has 3 heteroatoms. The van der Waals surface area contributed by atoms with Crippen LogP contribution in [0.1, 0.15) is 0 Å². The molecule has 0 saturated heterocycles. The van der Waals surface area contributed by atoms with Gasteiger partial charge in [0.2, 0.25) is 0 Å². The molecule has 0 aliphatic heterocycles. The molecule has 0 amide bonds. The SMILES string of the molecule is Nc1c(Cl)cccc1-c1cccs1. The summed E-state index contributed by atoms with van der Waals surface area (Å²) in [7, 11) is 0. The first-order chi connectivity index (χ1) is 6.29. The standard InChI is InChI=1S/C10H8ClNS/c11-8-4-1-3-7(10(8)12)9-5-2-6-13-9/h1-6H,12H2. The molecule has 0 atom stereocenters. The van der Waals surface area contributed by atoms with Crippen molar-refractivity contribution in [2.45, 2.75) is 0 Å². The highest BCUT2D eigenvalue weighted by atomic mass is 35.5. The van der Waals surface area contributed by atoms with E-state index in [4.69, 9.17) is 17.3 Å². The van der Waals surface area contributed by atoms with E-state index in [1.807, 2.05) is 29.6 Å². The number of halogens is 1. The van der Waals surface area contributed by atoms with E-state index in [2.05, 4.69) is 0 Å². The summed E-state index contributed by atoms with van der Waals surface area (Å²) in [6, 6.07) is 9.72. The second kappa shape index (κ2) is 3.40. The molecule has 0 spiro atoms. The van der Waals surface area contributed by atoms with E-state index < -0.39 is 0 Å². The van der Waals surface area contributed by atoms with Crippen LogP contribution in [0.5, 0.6) is 0 Å². The van der Waals surface area contributed by atoms with Crippen molar-refractivity contribution >= 4 is 28.6 Å². The van der Waals surface area contributed by atoms with Gasteiger partial charge in [0.1, 0.15) is 0 Å². The summed E-state index contributed by atoms with van der Waals surface area (Å²) < 4.78 is 0. The molecule has 0 unspecified atom stereocenters. The number of hydrogen-bond donors (Lipinski definition) is 1. The number of nitrogen functional groups attached to an aromatic ring is 1. The predicted molar refractivity (Wildman–Crippen MR) is 59.2 cm³/mol. The Bertz CT molecular complexity index is 409. The minimum Gasteiger partial charge on any atom is -0.397 e. The van der Waals surface area contributed by atoms with Gasteiger partial charge in [-0.3, -0.25) is 0 Å². The minimum atomic E-state index is 0.617. The van der Waals surface area contributed by atoms with E-state index in [-0.39, 0.29) is 0 Å². The number of para-hydroxylation sites is 1. The van der Waals surface area contributed by atoms with Crippen LogP contribution < -0.4 is 5.73 Å². The molecule has 0 bridgehead atoms. The highest BCUT2D eigenvalue weighted by Crippen LogP contribution is 2.33. The lowest BCUT2D eigenvalue weighted by Crippen LogP contribution is -1.89. The maximum Gasteiger partial charge on any atom is 0.0642 e. The zero-order valence-corrected chi connectivity index (χ0v) is 8.40. The molecule has 0 fully saturated rings. The maximum absolute atomic E-state index is 5.91. The monoisotopic (exact) mass is 209 g/mol. The average molecular weight is 210 g/mol. The molecule has 0 saturated carbocycles. The molecule has 2 aromatic rings. The first-order valence-corrected chi connectivity index (χ1v) is 5.12. The van der Waals surface area contributed by atoms with E-state index in [1.54, 1.807) is 17.4 Å². The smallest absolute Gasteiger partial charge is 0.0642 e. The normalized spacial score (nSPS) is 10.2. The third kappa shape index (κ3) is 1.55. The van der Waals surface area contributed by atoms with Crippen LogP contribution in [0.2, 0.25) is 5.02 Å². The summed E-state index contributed by atoms with van der Waals surface area (Å²) in [5.74, 6) is 0. The summed E-state index contributed by atoms with van der Waals surface area (Å²) in [5.41, 5.74) is 7.52. The summed E-state index contributed by atoms with van der Waals surface area (Å²) in [6.45, 7) is 0. The Hall–Kier alpha value is -0.990. The Morgan fingerprint density at radius 3 is 2.69 bits per heavy atom. The van der Waals surface area contributed by atoms with Gasteiger partial charge in [-0.2, -0.15) is 0 Å². The topological polar surface area (TPSA) is 26.0 Å². The summed E-state index contributed by atoms with van der Waals surface area (Å²) in [6.07, 6.45) is 0. The Morgan fingerprint density at radius 1 is 1.15 bits per heavy atom. The van der Waals surface area contributed by atoms with Gasteiger partial charge in [0, 0.05) is 10.4 Å². The van der Waals surface area contributed by atoms with E-state index in [0.29, 0.717) is 10.7 Å². The number of benzene rings is 1. The van der Waals surface area contributed by atoms with Gasteiger partial charge in [0.05, 0.1) is 10.7 Å². The second-order valence-corrected chi connectivity index (χ2v) is 4.03. The molecule has 1 aromatic carbocycles. The third-order valence-electron chi connectivity index (χ3n) is 1.84. The van der Waals surface area contributed by atoms with Crippen LogP contribution in [0.25, 0.3) is 10.4 Å². The molecular weight excluding hydrogens is 202 g/mol. The Balaban J connectivity index is 2.59. The van der Waals surface area contributed by atoms with Gasteiger partial charge < -0.3 is 5.73 Å². The first-order valence-electron chi connectivity index (χ1n) is 3.87. The van der Waals surface area contributed by atoms with Gasteiger partial charge in [-0.1, -0.05) is 29.8 Å². The van der Waals surface area contributed by atoms with Crippen molar-refractivity contribution < 1.29 is 0 Å². The Morgan fingerprint density at radius 2 is 2.00 bits per heavy atom. The lowest BCUT2D eigenvalue weighted by Gasteiger charge is -2.03. The van der Waals surface area contributed by atoms with Crippen LogP contribution in [0.15, 0.2) is 35.7 Å². The summed E-state index contributed by atoms with van der Waals surface area (Å²) in [4.78, 5) is 1.15. The molecule has 66 valence electrons. The molecule has 13 heavy (non-hydrogen) atoms. The fourth-order valence-corrected chi connectivity index (χ4v) is 2.12. The van der Waals surface area contributed by atoms with Crippen molar-refractivity contribution in [2.75, 3.05) is 5.73 Å². The van der Waals surface area contributed by atoms with Gasteiger partial charge in [-0.25, -0.2) is 0 Å². The zero-order chi connectivity index (χ0) is 9.26. The number of hydrogen-bond acceptors (Lipinski definition) is 2. The highest BCUT2D eigenvalue weighted by Gasteiger charge is 2.05. The van der Waals surface area contributed by atoms with Crippen LogP contribution >= 0.6 is 22.9 Å². The van der Waals surface area contributed by atoms with Gasteiger partial charge in [0.25, 0.3) is 0 Å². The van der Waals surface area contributed by atoms with E-state index in [1.165, 1.54) is 0 Å². The summed E-state index contributed by atoms with van der Waals surface area (Å²) in [5, 5.41) is 2.64. The molecular formula is C10H8ClNS. The summed E-state index contributed by atoms with van der Waals surface area (Å²) >= 11 is 7.57. The van der Waals surface area contributed by atoms with Gasteiger partial charge >= 0.3 is 0 Å². The lowest BCUT2D eigenvalue weighted by molar-refractivity contribution is 1.67. The molecule has 2 rings (SSSR count). The van der Waals surface area contributed by atoms with Crippen LogP contribution in [0, 0.1) is 0 Å². The van der Waals surface area contributed by atoms with Crippen LogP contribution in [0.3, 0.4) is 0 Å². The van der Waals surface area contributed by atoms with Crippen molar-refractivity contribution in [1.29, 1.82) is 0 Å². The molecule has 1 aromatic heterocycles. The van der Waals surface area contributed by atoms with Crippen molar-refractivity contribution in [3.05, 3.63) is 40.7 Å². The van der Waals surface area contributed by atoms with Gasteiger partial charge in [0.15, 0.2) is 0 Å². The predicted octanol–water partition coefficient (Wildman–Crippen LogP) is 3.65. The van der Waals surface area contributed by atoms with Crippen molar-refractivity contribution in [3.8, 4) is 10.4 Å². The van der Waals surface area contributed by atoms with E-state index >= 15 is 0 Å². The van der Waals surface area contributed by atoms with Gasteiger partial charge in [-0.05, 0) is 17.5 Å². The van der Waals surface area contributed by atoms with Crippen LogP contribution in [-0.2, 0) is 0 Å². The fraction of sp³-hybridized carbons (Fsp3) is 0. The van der Waals surface area contributed by atoms with Crippen LogP contribution in [0.4, 0.5) is 5.69 Å². The Labute approximate surface area is 85.8 Å². The largest absolute Gasteiger partial charge is 0.397 e. The van der Waals surface area contributed by atoms with Crippen molar-refractivity contribution in [3.63, 3.8) is 0 Å². The zero-order valence-electron chi connectivity index (χ0n) is 6.83. The number of anilines is 1.